The van der Waals surface area contributed by atoms with Crippen LogP contribution in [0.1, 0.15) is 17.5 Å². The smallest absolute Gasteiger partial charge is 0.259 e. The topological polar surface area (TPSA) is 64.7 Å². The van der Waals surface area contributed by atoms with Gasteiger partial charge in [-0.2, -0.15) is 0 Å². The van der Waals surface area contributed by atoms with Crippen LogP contribution in [0.3, 0.4) is 0 Å². The van der Waals surface area contributed by atoms with Crippen molar-refractivity contribution < 1.29 is 9.59 Å². The monoisotopic (exact) mass is 514 g/mol. The molecule has 0 aromatic heterocycles. The first-order chi connectivity index (χ1) is 15.1. The molecule has 1 unspecified atom stereocenters. The Morgan fingerprint density at radius 2 is 1.91 bits per heavy atom. The van der Waals surface area contributed by atoms with Crippen LogP contribution < -0.4 is 10.6 Å². The minimum atomic E-state index is -1.57. The van der Waals surface area contributed by atoms with Crippen molar-refractivity contribution >= 4 is 63.9 Å². The van der Waals surface area contributed by atoms with Crippen molar-refractivity contribution in [3.05, 3.63) is 61.5 Å². The molecule has 2 aliphatic heterocycles. The minimum Gasteiger partial charge on any atom is -0.333 e. The van der Waals surface area contributed by atoms with Gasteiger partial charge in [0.15, 0.2) is 5.54 Å². The van der Waals surface area contributed by atoms with E-state index in [9.17, 15) is 9.59 Å². The Balaban J connectivity index is 1.73. The third-order valence-corrected chi connectivity index (χ3v) is 7.30. The van der Waals surface area contributed by atoms with Gasteiger partial charge in [0, 0.05) is 29.7 Å². The molecule has 1 fully saturated rings. The average Bonchev–Trinajstić information content (AvgIpc) is 3.27. The largest absolute Gasteiger partial charge is 0.333 e. The molecule has 4 rings (SSSR count). The molecule has 0 aliphatic carbocycles. The van der Waals surface area contributed by atoms with Gasteiger partial charge in [0.2, 0.25) is 5.91 Å². The number of carbonyl (C=O) groups is 2. The fourth-order valence-electron chi connectivity index (χ4n) is 4.41. The van der Waals surface area contributed by atoms with E-state index < -0.39 is 11.4 Å². The minimum absolute atomic E-state index is 0.154. The van der Waals surface area contributed by atoms with Crippen LogP contribution in [-0.2, 0) is 15.1 Å². The van der Waals surface area contributed by atoms with Gasteiger partial charge in [-0.25, -0.2) is 0 Å². The summed E-state index contributed by atoms with van der Waals surface area (Å²) in [4.78, 5) is 30.8. The van der Waals surface area contributed by atoms with Crippen LogP contribution in [-0.4, -0.2) is 61.4 Å². The van der Waals surface area contributed by atoms with E-state index in [1.165, 1.54) is 0 Å². The van der Waals surface area contributed by atoms with Crippen LogP contribution in [0.5, 0.6) is 0 Å². The first-order valence-electron chi connectivity index (χ1n) is 10.1. The zero-order chi connectivity index (χ0) is 23.2. The van der Waals surface area contributed by atoms with Gasteiger partial charge in [0.25, 0.3) is 5.91 Å². The molecule has 0 saturated carbocycles. The van der Waals surface area contributed by atoms with E-state index in [4.69, 9.17) is 46.4 Å². The second kappa shape index (κ2) is 9.01. The number of fused-ring (bicyclic) bond motifs is 1. The molecule has 2 aromatic rings. The summed E-state index contributed by atoms with van der Waals surface area (Å²) in [7, 11) is 4.06. The Morgan fingerprint density at radius 1 is 1.16 bits per heavy atom. The zero-order valence-electron chi connectivity index (χ0n) is 17.5. The van der Waals surface area contributed by atoms with E-state index in [1.807, 2.05) is 14.1 Å². The van der Waals surface area contributed by atoms with Crippen molar-refractivity contribution in [2.75, 3.05) is 39.0 Å². The van der Waals surface area contributed by atoms with Crippen molar-refractivity contribution in [2.24, 2.45) is 0 Å². The molecule has 1 saturated heterocycles. The highest BCUT2D eigenvalue weighted by Crippen LogP contribution is 2.47. The van der Waals surface area contributed by atoms with E-state index in [2.05, 4.69) is 20.4 Å². The average molecular weight is 516 g/mol. The lowest BCUT2D eigenvalue weighted by Crippen LogP contribution is -2.54. The molecule has 0 radical (unpaired) electrons. The van der Waals surface area contributed by atoms with E-state index in [0.29, 0.717) is 32.9 Å². The molecule has 2 N–H and O–H groups in total. The quantitative estimate of drug-likeness (QED) is 0.624. The number of rotatable bonds is 5. The van der Waals surface area contributed by atoms with Gasteiger partial charge in [0.1, 0.15) is 0 Å². The van der Waals surface area contributed by atoms with E-state index in [1.54, 1.807) is 30.3 Å². The Morgan fingerprint density at radius 3 is 2.56 bits per heavy atom. The lowest BCUT2D eigenvalue weighted by Gasteiger charge is -2.31. The van der Waals surface area contributed by atoms with Crippen molar-refractivity contribution in [1.29, 1.82) is 0 Å². The molecule has 170 valence electrons. The van der Waals surface area contributed by atoms with Crippen molar-refractivity contribution in [3.8, 4) is 0 Å². The Kier molecular flexibility index (Phi) is 6.65. The molecule has 0 bridgehead atoms. The lowest BCUT2D eigenvalue weighted by molar-refractivity contribution is -0.129. The maximum absolute atomic E-state index is 13.4. The normalized spacial score (nSPS) is 22.8. The molecule has 2 heterocycles. The van der Waals surface area contributed by atoms with Gasteiger partial charge >= 0.3 is 0 Å². The summed E-state index contributed by atoms with van der Waals surface area (Å²) in [5.41, 5.74) is -0.253. The zero-order valence-corrected chi connectivity index (χ0v) is 20.5. The summed E-state index contributed by atoms with van der Waals surface area (Å²) in [6, 6.07) is 8.36. The fourth-order valence-corrected chi connectivity index (χ4v) is 5.34. The third kappa shape index (κ3) is 4.20. The standard InChI is InChI=1S/C22H22Cl4N4O2/c1-29(2)14-5-6-30(10-14)11-19(31)28-22(12-3-4-15(24)16(25)7-12)20-17(26)8-13(23)9-18(20)27-21(22)32/h3-4,7-9,14H,5-6,10-11H2,1-2H3,(H,27,32)(H,28,31)/t14-,22?/m1/s1. The van der Waals surface area contributed by atoms with Crippen molar-refractivity contribution in [2.45, 2.75) is 18.0 Å². The summed E-state index contributed by atoms with van der Waals surface area (Å²) in [5, 5.41) is 6.99. The summed E-state index contributed by atoms with van der Waals surface area (Å²) in [5.74, 6) is -0.750. The molecule has 2 atom stereocenters. The van der Waals surface area contributed by atoms with Gasteiger partial charge in [-0.3, -0.25) is 14.5 Å². The van der Waals surface area contributed by atoms with Crippen molar-refractivity contribution in [1.82, 2.24) is 15.1 Å². The Labute approximate surface area is 206 Å². The van der Waals surface area contributed by atoms with Gasteiger partial charge in [-0.15, -0.1) is 0 Å². The Bertz CT molecular complexity index is 1090. The third-order valence-electron chi connectivity index (χ3n) is 6.04. The first-order valence-corrected chi connectivity index (χ1v) is 11.6. The van der Waals surface area contributed by atoms with Crippen LogP contribution in [0, 0.1) is 0 Å². The number of benzene rings is 2. The molecular formula is C22H22Cl4N4O2. The summed E-state index contributed by atoms with van der Waals surface area (Å²) >= 11 is 25.1. The van der Waals surface area contributed by atoms with E-state index >= 15 is 0 Å². The summed E-state index contributed by atoms with van der Waals surface area (Å²) in [6.07, 6.45) is 0.978. The number of halogens is 4. The molecule has 32 heavy (non-hydrogen) atoms. The highest BCUT2D eigenvalue weighted by atomic mass is 35.5. The number of hydrogen-bond donors (Lipinski definition) is 2. The Hall–Kier alpha value is -1.54. The molecular weight excluding hydrogens is 494 g/mol. The number of hydrogen-bond acceptors (Lipinski definition) is 4. The molecule has 6 nitrogen and oxygen atoms in total. The first kappa shape index (κ1) is 23.6. The number of nitrogens with one attached hydrogen (secondary N) is 2. The predicted molar refractivity (Wildman–Crippen MR) is 129 cm³/mol. The molecule has 0 spiro atoms. The highest BCUT2D eigenvalue weighted by Gasteiger charge is 2.51. The number of carbonyl (C=O) groups excluding carboxylic acids is 2. The SMILES string of the molecule is CN(C)[C@@H]1CCN(CC(=O)NC2(c3ccc(Cl)c(Cl)c3)C(=O)Nc3cc(Cl)cc(Cl)c32)C1. The molecule has 2 aliphatic rings. The fraction of sp³-hybridized carbons (Fsp3) is 0.364. The number of anilines is 1. The molecule has 10 heteroatoms. The van der Waals surface area contributed by atoms with Crippen molar-refractivity contribution in [3.63, 3.8) is 0 Å². The predicted octanol–water partition coefficient (Wildman–Crippen LogP) is 4.25. The lowest BCUT2D eigenvalue weighted by atomic mass is 9.83. The van der Waals surface area contributed by atoms with Crippen LogP contribution in [0.15, 0.2) is 30.3 Å². The number of likely N-dealkylation sites (tertiary alicyclic amines) is 1. The van der Waals surface area contributed by atoms with Gasteiger partial charge in [0.05, 0.1) is 27.3 Å². The van der Waals surface area contributed by atoms with Gasteiger partial charge in [-0.1, -0.05) is 52.5 Å². The van der Waals surface area contributed by atoms with E-state index in [-0.39, 0.29) is 22.5 Å². The highest BCUT2D eigenvalue weighted by molar-refractivity contribution is 6.42. The molecule has 2 aromatic carbocycles. The second-order valence-electron chi connectivity index (χ2n) is 8.33. The van der Waals surface area contributed by atoms with Crippen LogP contribution in [0.25, 0.3) is 0 Å². The van der Waals surface area contributed by atoms with Crippen LogP contribution >= 0.6 is 46.4 Å². The number of likely N-dealkylation sites (N-methyl/N-ethyl adjacent to an activating group) is 1. The van der Waals surface area contributed by atoms with E-state index in [0.717, 1.165) is 19.5 Å². The summed E-state index contributed by atoms with van der Waals surface area (Å²) < 4.78 is 0. The van der Waals surface area contributed by atoms with Crippen LogP contribution in [0.4, 0.5) is 5.69 Å². The molecule has 2 amide bonds. The van der Waals surface area contributed by atoms with Gasteiger partial charge in [-0.05, 0) is 50.3 Å². The van der Waals surface area contributed by atoms with Gasteiger partial charge < -0.3 is 15.5 Å². The second-order valence-corrected chi connectivity index (χ2v) is 9.99. The maximum atomic E-state index is 13.4. The summed E-state index contributed by atoms with van der Waals surface area (Å²) in [6.45, 7) is 1.73. The van der Waals surface area contributed by atoms with Crippen LogP contribution in [0.2, 0.25) is 20.1 Å². The number of nitrogens with zero attached hydrogens (tertiary/aromatic N) is 2. The number of amides is 2. The maximum Gasteiger partial charge on any atom is 0.259 e.